The molecule has 0 aromatic heterocycles. The Morgan fingerprint density at radius 3 is 2.20 bits per heavy atom. The highest BCUT2D eigenvalue weighted by atomic mass is 35.5. The smallest absolute Gasteiger partial charge is 0.327 e. The lowest BCUT2D eigenvalue weighted by Gasteiger charge is -2.09. The van der Waals surface area contributed by atoms with Gasteiger partial charge < -0.3 is 10.5 Å². The lowest BCUT2D eigenvalue weighted by molar-refractivity contribution is -0.142. The summed E-state index contributed by atoms with van der Waals surface area (Å²) in [6.07, 6.45) is 0. The first kappa shape index (κ1) is 13.8. The topological polar surface area (TPSA) is 52.3 Å². The number of hydrogen-bond acceptors (Lipinski definition) is 3. The maximum absolute atomic E-state index is 12.7. The van der Waals surface area contributed by atoms with E-state index in [1.807, 2.05) is 0 Å². The monoisotopic (exact) mass is 237 g/mol. The van der Waals surface area contributed by atoms with E-state index in [0.29, 0.717) is 6.07 Å². The number of halogens is 3. The third kappa shape index (κ3) is 3.45. The Morgan fingerprint density at radius 1 is 1.33 bits per heavy atom. The van der Waals surface area contributed by atoms with Crippen LogP contribution in [0.4, 0.5) is 8.78 Å². The quantitative estimate of drug-likeness (QED) is 0.795. The van der Waals surface area contributed by atoms with E-state index >= 15 is 0 Å². The molecule has 0 aliphatic carbocycles. The van der Waals surface area contributed by atoms with Gasteiger partial charge in [0.15, 0.2) is 0 Å². The van der Waals surface area contributed by atoms with E-state index in [2.05, 4.69) is 4.74 Å². The van der Waals surface area contributed by atoms with Crippen LogP contribution in [-0.4, -0.2) is 13.1 Å². The Balaban J connectivity index is 0.00000196. The van der Waals surface area contributed by atoms with Crippen molar-refractivity contribution in [3.8, 4) is 0 Å². The highest BCUT2D eigenvalue weighted by Gasteiger charge is 2.17. The molecule has 1 atom stereocenters. The minimum absolute atomic E-state index is 0. The molecule has 2 N–H and O–H groups in total. The summed E-state index contributed by atoms with van der Waals surface area (Å²) in [7, 11) is 1.15. The fraction of sp³-hybridized carbons (Fsp3) is 0.222. The van der Waals surface area contributed by atoms with Crippen molar-refractivity contribution in [3.63, 3.8) is 0 Å². The van der Waals surface area contributed by atoms with Crippen LogP contribution in [0.1, 0.15) is 11.6 Å². The van der Waals surface area contributed by atoms with Gasteiger partial charge in [-0.05, 0) is 17.7 Å². The van der Waals surface area contributed by atoms with Crippen molar-refractivity contribution in [2.24, 2.45) is 5.73 Å². The SMILES string of the molecule is COC(=O)C(N)c1cc(F)cc(F)c1.Cl. The molecule has 0 bridgehead atoms. The van der Waals surface area contributed by atoms with Crippen molar-refractivity contribution in [2.45, 2.75) is 6.04 Å². The van der Waals surface area contributed by atoms with Crippen molar-refractivity contribution in [1.82, 2.24) is 0 Å². The lowest BCUT2D eigenvalue weighted by atomic mass is 10.1. The number of benzene rings is 1. The zero-order valence-corrected chi connectivity index (χ0v) is 8.68. The number of carbonyl (C=O) groups is 1. The lowest BCUT2D eigenvalue weighted by Crippen LogP contribution is -2.22. The average Bonchev–Trinajstić information content (AvgIpc) is 2.14. The zero-order valence-electron chi connectivity index (χ0n) is 7.87. The number of carbonyl (C=O) groups excluding carboxylic acids is 1. The molecule has 0 saturated heterocycles. The minimum Gasteiger partial charge on any atom is -0.468 e. The molecular weight excluding hydrogens is 228 g/mol. The minimum atomic E-state index is -1.16. The van der Waals surface area contributed by atoms with Crippen LogP contribution in [0.25, 0.3) is 0 Å². The average molecular weight is 238 g/mol. The van der Waals surface area contributed by atoms with Gasteiger partial charge in [0.1, 0.15) is 17.7 Å². The second-order valence-electron chi connectivity index (χ2n) is 2.70. The van der Waals surface area contributed by atoms with Crippen molar-refractivity contribution in [2.75, 3.05) is 7.11 Å². The summed E-state index contributed by atoms with van der Waals surface area (Å²) in [5.41, 5.74) is 5.43. The van der Waals surface area contributed by atoms with E-state index in [9.17, 15) is 13.6 Å². The molecule has 1 rings (SSSR count). The molecule has 84 valence electrons. The third-order valence-corrected chi connectivity index (χ3v) is 1.70. The Bertz CT molecular complexity index is 340. The Morgan fingerprint density at radius 2 is 1.80 bits per heavy atom. The Labute approximate surface area is 91.6 Å². The first-order valence-corrected chi connectivity index (χ1v) is 3.84. The third-order valence-electron chi connectivity index (χ3n) is 1.70. The molecule has 3 nitrogen and oxygen atoms in total. The molecule has 1 aromatic carbocycles. The summed E-state index contributed by atoms with van der Waals surface area (Å²) in [5, 5.41) is 0. The van der Waals surface area contributed by atoms with Crippen LogP contribution < -0.4 is 5.73 Å². The van der Waals surface area contributed by atoms with Crippen LogP contribution in [0.5, 0.6) is 0 Å². The van der Waals surface area contributed by atoms with Gasteiger partial charge in [0.05, 0.1) is 7.11 Å². The summed E-state index contributed by atoms with van der Waals surface area (Å²) in [6, 6.07) is 1.52. The highest BCUT2D eigenvalue weighted by molar-refractivity contribution is 5.85. The van der Waals surface area contributed by atoms with Gasteiger partial charge in [-0.1, -0.05) is 0 Å². The van der Waals surface area contributed by atoms with E-state index in [-0.39, 0.29) is 18.0 Å². The fourth-order valence-corrected chi connectivity index (χ4v) is 1.02. The van der Waals surface area contributed by atoms with Gasteiger partial charge in [-0.25, -0.2) is 8.78 Å². The van der Waals surface area contributed by atoms with E-state index < -0.39 is 23.6 Å². The maximum atomic E-state index is 12.7. The van der Waals surface area contributed by atoms with Gasteiger partial charge >= 0.3 is 5.97 Å². The van der Waals surface area contributed by atoms with Crippen molar-refractivity contribution in [1.29, 1.82) is 0 Å². The molecule has 0 fully saturated rings. The first-order chi connectivity index (χ1) is 6.54. The second-order valence-corrected chi connectivity index (χ2v) is 2.70. The molecule has 15 heavy (non-hydrogen) atoms. The van der Waals surface area contributed by atoms with Gasteiger partial charge in [0.2, 0.25) is 0 Å². The predicted molar refractivity (Wildman–Crippen MR) is 52.6 cm³/mol. The normalized spacial score (nSPS) is 11.5. The maximum Gasteiger partial charge on any atom is 0.327 e. The van der Waals surface area contributed by atoms with Crippen LogP contribution >= 0.6 is 12.4 Å². The van der Waals surface area contributed by atoms with Gasteiger partial charge in [-0.15, -0.1) is 12.4 Å². The molecule has 6 heteroatoms. The van der Waals surface area contributed by atoms with Crippen molar-refractivity contribution in [3.05, 3.63) is 35.4 Å². The molecule has 1 unspecified atom stereocenters. The highest BCUT2D eigenvalue weighted by Crippen LogP contribution is 2.15. The van der Waals surface area contributed by atoms with Crippen LogP contribution in [-0.2, 0) is 9.53 Å². The number of ether oxygens (including phenoxy) is 1. The van der Waals surface area contributed by atoms with Crippen LogP contribution in [0.15, 0.2) is 18.2 Å². The number of hydrogen-bond donors (Lipinski definition) is 1. The first-order valence-electron chi connectivity index (χ1n) is 3.84. The Hall–Kier alpha value is -1.20. The largest absolute Gasteiger partial charge is 0.468 e. The molecule has 0 aliphatic rings. The summed E-state index contributed by atoms with van der Waals surface area (Å²) >= 11 is 0. The van der Waals surface area contributed by atoms with Gasteiger partial charge in [-0.3, -0.25) is 4.79 Å². The standard InChI is InChI=1S/C9H9F2NO2.ClH/c1-14-9(13)8(12)5-2-6(10)4-7(11)3-5;/h2-4,8H,12H2,1H3;1H. The Kier molecular flexibility index (Phi) is 5.18. The number of nitrogens with two attached hydrogens (primary N) is 1. The van der Waals surface area contributed by atoms with E-state index in [1.54, 1.807) is 0 Å². The molecule has 0 radical (unpaired) electrons. The molecule has 1 aromatic rings. The molecule has 0 saturated carbocycles. The number of methoxy groups -OCH3 is 1. The zero-order chi connectivity index (χ0) is 10.7. The molecule has 0 amide bonds. The number of esters is 1. The van der Waals surface area contributed by atoms with Gasteiger partial charge in [-0.2, -0.15) is 0 Å². The van der Waals surface area contributed by atoms with Crippen molar-refractivity contribution < 1.29 is 18.3 Å². The van der Waals surface area contributed by atoms with E-state index in [4.69, 9.17) is 5.73 Å². The summed E-state index contributed by atoms with van der Waals surface area (Å²) in [6.45, 7) is 0. The van der Waals surface area contributed by atoms with Gasteiger partial charge in [0, 0.05) is 6.07 Å². The molecule has 0 spiro atoms. The summed E-state index contributed by atoms with van der Waals surface area (Å²) in [5.74, 6) is -2.30. The van der Waals surface area contributed by atoms with Gasteiger partial charge in [0.25, 0.3) is 0 Å². The molecular formula is C9H10ClF2NO2. The summed E-state index contributed by atoms with van der Waals surface area (Å²) in [4.78, 5) is 10.9. The predicted octanol–water partition coefficient (Wildman–Crippen LogP) is 1.56. The van der Waals surface area contributed by atoms with E-state index in [1.165, 1.54) is 0 Å². The second kappa shape index (κ2) is 5.63. The molecule has 0 aliphatic heterocycles. The number of rotatable bonds is 2. The van der Waals surface area contributed by atoms with Crippen LogP contribution in [0.2, 0.25) is 0 Å². The molecule has 0 heterocycles. The van der Waals surface area contributed by atoms with E-state index in [0.717, 1.165) is 19.2 Å². The summed E-state index contributed by atoms with van der Waals surface area (Å²) < 4.78 is 29.8. The van der Waals surface area contributed by atoms with Crippen LogP contribution in [0.3, 0.4) is 0 Å². The van der Waals surface area contributed by atoms with Crippen molar-refractivity contribution >= 4 is 18.4 Å². The van der Waals surface area contributed by atoms with Crippen LogP contribution in [0, 0.1) is 11.6 Å². The fourth-order valence-electron chi connectivity index (χ4n) is 1.02.